The number of amides is 1. The highest BCUT2D eigenvalue weighted by molar-refractivity contribution is 7.81. The van der Waals surface area contributed by atoms with Crippen molar-refractivity contribution < 1.29 is 37.3 Å². The van der Waals surface area contributed by atoms with Gasteiger partial charge in [-0.2, -0.15) is 18.4 Å². The number of nitriles is 1. The number of carboxylic acid groups (broad SMARTS) is 1. The molecule has 12 heteroatoms. The van der Waals surface area contributed by atoms with Crippen molar-refractivity contribution >= 4 is 40.6 Å². The Morgan fingerprint density at radius 2 is 1.66 bits per heavy atom. The summed E-state index contributed by atoms with van der Waals surface area (Å²) in [6, 6.07) is 11.6. The van der Waals surface area contributed by atoms with Crippen LogP contribution < -0.4 is 14.5 Å². The summed E-state index contributed by atoms with van der Waals surface area (Å²) in [7, 11) is 0. The number of anilines is 2. The van der Waals surface area contributed by atoms with Crippen LogP contribution in [0.2, 0.25) is 0 Å². The lowest BCUT2D eigenvalue weighted by atomic mass is 9.83. The summed E-state index contributed by atoms with van der Waals surface area (Å²) in [5.41, 5.74) is -2.34. The molecule has 2 aromatic rings. The second kappa shape index (κ2) is 12.0. The molecule has 0 aromatic heterocycles. The Kier molecular flexibility index (Phi) is 8.89. The van der Waals surface area contributed by atoms with E-state index in [0.717, 1.165) is 42.7 Å². The quantitative estimate of drug-likeness (QED) is 0.367. The molecule has 1 aliphatic heterocycles. The van der Waals surface area contributed by atoms with Gasteiger partial charge in [0.2, 0.25) is 0 Å². The number of rotatable bonds is 9. The van der Waals surface area contributed by atoms with Crippen molar-refractivity contribution in [3.8, 4) is 11.8 Å². The first-order valence-electron chi connectivity index (χ1n) is 13.2. The number of thiocarbonyl (C=S) groups is 1. The van der Waals surface area contributed by atoms with Crippen molar-refractivity contribution in [2.24, 2.45) is 11.8 Å². The van der Waals surface area contributed by atoms with Gasteiger partial charge in [0, 0.05) is 5.69 Å². The van der Waals surface area contributed by atoms with Crippen LogP contribution >= 0.6 is 12.2 Å². The van der Waals surface area contributed by atoms with Crippen LogP contribution in [0.25, 0.3) is 0 Å². The summed E-state index contributed by atoms with van der Waals surface area (Å²) in [6.45, 7) is 3.98. The van der Waals surface area contributed by atoms with E-state index in [-0.39, 0.29) is 17.4 Å². The minimum absolute atomic E-state index is 0.0237. The van der Waals surface area contributed by atoms with Crippen LogP contribution in [-0.2, 0) is 20.5 Å². The molecule has 4 rings (SSSR count). The molecular formula is C29H30F3N3O5S. The van der Waals surface area contributed by atoms with E-state index < -0.39 is 34.7 Å². The lowest BCUT2D eigenvalue weighted by Crippen LogP contribution is -2.44. The topological polar surface area (TPSA) is 103 Å². The minimum Gasteiger partial charge on any atom is -0.493 e. The second-order valence-electron chi connectivity index (χ2n) is 10.8. The summed E-state index contributed by atoms with van der Waals surface area (Å²) in [4.78, 5) is 26.6. The third-order valence-corrected chi connectivity index (χ3v) is 7.85. The average molecular weight is 590 g/mol. The second-order valence-corrected chi connectivity index (χ2v) is 11.1. The fourth-order valence-corrected chi connectivity index (χ4v) is 5.76. The van der Waals surface area contributed by atoms with Gasteiger partial charge in [-0.1, -0.05) is 0 Å². The van der Waals surface area contributed by atoms with Gasteiger partial charge in [-0.15, -0.1) is 0 Å². The lowest BCUT2D eigenvalue weighted by Gasteiger charge is -2.30. The third-order valence-electron chi connectivity index (χ3n) is 7.48. The van der Waals surface area contributed by atoms with Gasteiger partial charge in [0.15, 0.2) is 5.11 Å². The van der Waals surface area contributed by atoms with Gasteiger partial charge in [0.25, 0.3) is 5.91 Å². The number of nitrogens with zero attached hydrogens (tertiary/aromatic N) is 3. The van der Waals surface area contributed by atoms with Crippen LogP contribution in [0, 0.1) is 23.2 Å². The molecule has 2 fully saturated rings. The van der Waals surface area contributed by atoms with E-state index >= 15 is 0 Å². The monoisotopic (exact) mass is 589 g/mol. The van der Waals surface area contributed by atoms with E-state index in [2.05, 4.69) is 0 Å². The molecular weight excluding hydrogens is 559 g/mol. The Morgan fingerprint density at radius 1 is 1.07 bits per heavy atom. The van der Waals surface area contributed by atoms with Gasteiger partial charge in [0.1, 0.15) is 17.9 Å². The van der Waals surface area contributed by atoms with Crippen LogP contribution in [0.1, 0.15) is 50.7 Å². The van der Waals surface area contributed by atoms with E-state index in [1.807, 2.05) is 0 Å². The van der Waals surface area contributed by atoms with Gasteiger partial charge in [-0.05, 0) is 106 Å². The molecule has 0 unspecified atom stereocenters. The molecule has 2 aliphatic rings. The van der Waals surface area contributed by atoms with Gasteiger partial charge in [-0.25, -0.2) is 4.79 Å². The van der Waals surface area contributed by atoms with E-state index in [1.54, 1.807) is 49.1 Å². The summed E-state index contributed by atoms with van der Waals surface area (Å²) < 4.78 is 51.9. The van der Waals surface area contributed by atoms with Gasteiger partial charge >= 0.3 is 12.1 Å². The summed E-state index contributed by atoms with van der Waals surface area (Å²) in [5, 5.41) is 17.8. The Bertz CT molecular complexity index is 1350. The zero-order chi connectivity index (χ0) is 29.9. The molecule has 1 heterocycles. The number of alkyl halides is 3. The zero-order valence-electron chi connectivity index (χ0n) is 22.6. The van der Waals surface area contributed by atoms with Gasteiger partial charge < -0.3 is 19.5 Å². The predicted molar refractivity (Wildman–Crippen MR) is 149 cm³/mol. The lowest BCUT2D eigenvalue weighted by molar-refractivity contribution is -0.143. The summed E-state index contributed by atoms with van der Waals surface area (Å²) >= 11 is 5.58. The number of carboxylic acids is 1. The highest BCUT2D eigenvalue weighted by Crippen LogP contribution is 2.40. The van der Waals surface area contributed by atoms with E-state index in [0.29, 0.717) is 36.5 Å². The first-order chi connectivity index (χ1) is 19.3. The number of hydrogen-bond acceptors (Lipinski definition) is 6. The van der Waals surface area contributed by atoms with Crippen LogP contribution in [0.5, 0.6) is 5.75 Å². The van der Waals surface area contributed by atoms with Crippen molar-refractivity contribution in [1.82, 2.24) is 0 Å². The van der Waals surface area contributed by atoms with Gasteiger partial charge in [0.05, 0.1) is 36.1 Å². The maximum absolute atomic E-state index is 13.6. The van der Waals surface area contributed by atoms with Crippen LogP contribution in [0.4, 0.5) is 24.5 Å². The third kappa shape index (κ3) is 6.63. The normalized spacial score (nSPS) is 20.7. The number of hydrogen-bond donors (Lipinski definition) is 1. The van der Waals surface area contributed by atoms with Crippen LogP contribution in [0.15, 0.2) is 42.5 Å². The maximum atomic E-state index is 13.6. The van der Waals surface area contributed by atoms with E-state index in [9.17, 15) is 22.8 Å². The number of carbonyl (C=O) groups excluding carboxylic acids is 1. The van der Waals surface area contributed by atoms with Crippen molar-refractivity contribution in [3.05, 3.63) is 53.6 Å². The molecule has 1 amide bonds. The number of aliphatic carboxylic acids is 1. The SMILES string of the molecule is CC1(C)C(=O)N(c2ccc(C#N)c(C(F)(F)F)c2)C(=S)N1c1ccc(OCC2CCC(COCC(=O)O)CC2)cc1. The molecule has 0 spiro atoms. The molecule has 41 heavy (non-hydrogen) atoms. The minimum atomic E-state index is -4.77. The molecule has 8 nitrogen and oxygen atoms in total. The van der Waals surface area contributed by atoms with Crippen molar-refractivity contribution in [2.75, 3.05) is 29.6 Å². The summed E-state index contributed by atoms with van der Waals surface area (Å²) in [5.74, 6) is -0.110. The summed E-state index contributed by atoms with van der Waals surface area (Å²) in [6.07, 6.45) is -0.964. The average Bonchev–Trinajstić information content (AvgIpc) is 3.10. The Hall–Kier alpha value is -3.69. The van der Waals surface area contributed by atoms with Crippen molar-refractivity contribution in [2.45, 2.75) is 51.2 Å². The molecule has 1 saturated heterocycles. The maximum Gasteiger partial charge on any atom is 0.417 e. The largest absolute Gasteiger partial charge is 0.493 e. The molecule has 0 radical (unpaired) electrons. The Balaban J connectivity index is 1.41. The fourth-order valence-electron chi connectivity index (χ4n) is 5.24. The molecule has 1 saturated carbocycles. The molecule has 2 aromatic carbocycles. The zero-order valence-corrected chi connectivity index (χ0v) is 23.4. The molecule has 0 atom stereocenters. The van der Waals surface area contributed by atoms with Gasteiger partial charge in [-0.3, -0.25) is 9.69 Å². The Morgan fingerprint density at radius 3 is 2.22 bits per heavy atom. The fraction of sp³-hybridized carbons (Fsp3) is 0.448. The van der Waals surface area contributed by atoms with Crippen molar-refractivity contribution in [1.29, 1.82) is 5.26 Å². The molecule has 1 N–H and O–H groups in total. The number of halogens is 3. The number of carbonyl (C=O) groups is 2. The molecule has 218 valence electrons. The van der Waals surface area contributed by atoms with Crippen molar-refractivity contribution in [3.63, 3.8) is 0 Å². The van der Waals surface area contributed by atoms with E-state index in [4.69, 9.17) is 32.1 Å². The molecule has 1 aliphatic carbocycles. The van der Waals surface area contributed by atoms with Crippen LogP contribution in [0.3, 0.4) is 0 Å². The molecule has 0 bridgehead atoms. The smallest absolute Gasteiger partial charge is 0.417 e. The highest BCUT2D eigenvalue weighted by atomic mass is 32.1. The van der Waals surface area contributed by atoms with Crippen LogP contribution in [-0.4, -0.2) is 47.5 Å². The first-order valence-corrected chi connectivity index (χ1v) is 13.6. The standard InChI is InChI=1S/C29H30F3N3O5S/c1-28(2)26(38)34(22-8-7-20(14-33)24(13-22)29(30,31)32)27(41)35(28)21-9-11-23(12-10-21)40-16-19-5-3-18(4-6-19)15-39-17-25(36)37/h7-13,18-19H,3-6,15-17H2,1-2H3,(H,36,37). The number of benzene rings is 2. The Labute approximate surface area is 241 Å². The predicted octanol–water partition coefficient (Wildman–Crippen LogP) is 5.78. The van der Waals surface area contributed by atoms with E-state index in [1.165, 1.54) is 6.07 Å². The first kappa shape index (κ1) is 30.3. The highest BCUT2D eigenvalue weighted by Gasteiger charge is 2.50. The number of ether oxygens (including phenoxy) is 2.